The van der Waals surface area contributed by atoms with Crippen LogP contribution in [-0.4, -0.2) is 6.21 Å². The molecule has 0 aromatic carbocycles. The maximum Gasteiger partial charge on any atom is 0.0402 e. The Hall–Kier alpha value is -0.850. The monoisotopic (exact) mass is 193 g/mol. The number of hydrogen-bond donors (Lipinski definition) is 0. The van der Waals surface area contributed by atoms with Crippen molar-refractivity contribution < 1.29 is 0 Å². The van der Waals surface area contributed by atoms with Crippen molar-refractivity contribution in [2.75, 3.05) is 0 Å². The molecule has 0 aliphatic carbocycles. The zero-order valence-electron chi connectivity index (χ0n) is 10.2. The van der Waals surface area contributed by atoms with Crippen molar-refractivity contribution in [1.29, 1.82) is 0 Å². The highest BCUT2D eigenvalue weighted by Crippen LogP contribution is 2.23. The molecular formula is C13H23N. The molecule has 0 unspecified atom stereocenters. The van der Waals surface area contributed by atoms with Gasteiger partial charge < -0.3 is 0 Å². The van der Waals surface area contributed by atoms with E-state index in [1.54, 1.807) is 0 Å². The lowest BCUT2D eigenvalue weighted by molar-refractivity contribution is 0.643. The van der Waals surface area contributed by atoms with E-state index < -0.39 is 0 Å². The Balaban J connectivity index is 4.71. The number of rotatable bonds is 5. The predicted molar refractivity (Wildman–Crippen MR) is 65.8 cm³/mol. The van der Waals surface area contributed by atoms with Gasteiger partial charge in [0.25, 0.3) is 0 Å². The van der Waals surface area contributed by atoms with Gasteiger partial charge in [-0.25, -0.2) is 0 Å². The average molecular weight is 193 g/mol. The lowest BCUT2D eigenvalue weighted by Gasteiger charge is -2.12. The summed E-state index contributed by atoms with van der Waals surface area (Å²) in [5.74, 6) is 0.669. The van der Waals surface area contributed by atoms with Gasteiger partial charge in [-0.1, -0.05) is 27.4 Å². The topological polar surface area (TPSA) is 12.4 Å². The molecule has 0 N–H and O–H groups in total. The van der Waals surface area contributed by atoms with Crippen LogP contribution in [0.25, 0.3) is 0 Å². The van der Waals surface area contributed by atoms with Crippen LogP contribution in [0.5, 0.6) is 0 Å². The van der Waals surface area contributed by atoms with E-state index in [1.165, 1.54) is 11.1 Å². The van der Waals surface area contributed by atoms with Gasteiger partial charge in [-0.3, -0.25) is 4.99 Å². The molecule has 0 aromatic heterocycles. The minimum absolute atomic E-state index is 0.669. The lowest BCUT2D eigenvalue weighted by atomic mass is 9.95. The van der Waals surface area contributed by atoms with Crippen molar-refractivity contribution in [2.45, 2.75) is 47.5 Å². The maximum absolute atomic E-state index is 4.32. The van der Waals surface area contributed by atoms with Crippen molar-refractivity contribution in [3.05, 3.63) is 23.4 Å². The summed E-state index contributed by atoms with van der Waals surface area (Å²) in [6.45, 7) is 14.7. The summed E-state index contributed by atoms with van der Waals surface area (Å²) in [5, 5.41) is 0. The standard InChI is InChI=1S/C13H23N/c1-7-13(12(6)14-8-2)11(5)9-10(3)4/h8,10H,5,7,9H2,1-4,6H3/b13-12-,14-8-. The molecule has 0 atom stereocenters. The number of allylic oxidation sites excluding steroid dienone is 3. The molecule has 0 radical (unpaired) electrons. The molecule has 0 bridgehead atoms. The normalized spacial score (nSPS) is 13.6. The second-order valence-electron chi connectivity index (χ2n) is 4.01. The van der Waals surface area contributed by atoms with Gasteiger partial charge in [0.15, 0.2) is 0 Å². The van der Waals surface area contributed by atoms with E-state index in [4.69, 9.17) is 0 Å². The van der Waals surface area contributed by atoms with Crippen LogP contribution in [0.15, 0.2) is 28.4 Å². The smallest absolute Gasteiger partial charge is 0.0402 e. The Bertz CT molecular complexity index is 244. The van der Waals surface area contributed by atoms with Crippen LogP contribution in [0.4, 0.5) is 0 Å². The summed E-state index contributed by atoms with van der Waals surface area (Å²) >= 11 is 0. The Kier molecular flexibility index (Phi) is 6.18. The first-order valence-electron chi connectivity index (χ1n) is 5.39. The second-order valence-corrected chi connectivity index (χ2v) is 4.01. The first kappa shape index (κ1) is 13.2. The zero-order chi connectivity index (χ0) is 11.1. The quantitative estimate of drug-likeness (QED) is 0.454. The van der Waals surface area contributed by atoms with E-state index in [2.05, 4.69) is 39.3 Å². The van der Waals surface area contributed by atoms with Gasteiger partial charge in [-0.2, -0.15) is 0 Å². The van der Waals surface area contributed by atoms with E-state index in [9.17, 15) is 0 Å². The Morgan fingerprint density at radius 2 is 2.00 bits per heavy atom. The van der Waals surface area contributed by atoms with E-state index in [-0.39, 0.29) is 0 Å². The first-order chi connectivity index (χ1) is 6.52. The minimum atomic E-state index is 0.669. The molecule has 0 spiro atoms. The fourth-order valence-corrected chi connectivity index (χ4v) is 1.65. The van der Waals surface area contributed by atoms with Gasteiger partial charge in [0.05, 0.1) is 0 Å². The number of aliphatic imine (C=N–C) groups is 1. The summed E-state index contributed by atoms with van der Waals surface area (Å²) in [6, 6.07) is 0. The van der Waals surface area contributed by atoms with Crippen molar-refractivity contribution in [2.24, 2.45) is 10.9 Å². The summed E-state index contributed by atoms with van der Waals surface area (Å²) in [7, 11) is 0. The molecule has 0 aromatic rings. The SMILES string of the molecule is C=C(CC(C)C)/C(CC)=C(C)\N=C/C. The van der Waals surface area contributed by atoms with Crippen LogP contribution in [0.3, 0.4) is 0 Å². The maximum atomic E-state index is 4.32. The molecule has 0 heterocycles. The van der Waals surface area contributed by atoms with Crippen LogP contribution >= 0.6 is 0 Å². The van der Waals surface area contributed by atoms with Gasteiger partial charge in [0.1, 0.15) is 0 Å². The van der Waals surface area contributed by atoms with Crippen molar-refractivity contribution in [1.82, 2.24) is 0 Å². The summed E-state index contributed by atoms with van der Waals surface area (Å²) in [6.07, 6.45) is 3.93. The molecule has 1 nitrogen and oxygen atoms in total. The van der Waals surface area contributed by atoms with E-state index >= 15 is 0 Å². The average Bonchev–Trinajstić information content (AvgIpc) is 2.04. The van der Waals surface area contributed by atoms with Crippen LogP contribution < -0.4 is 0 Å². The molecular weight excluding hydrogens is 170 g/mol. The van der Waals surface area contributed by atoms with Crippen molar-refractivity contribution in [3.63, 3.8) is 0 Å². The first-order valence-corrected chi connectivity index (χ1v) is 5.39. The van der Waals surface area contributed by atoms with Crippen molar-refractivity contribution >= 4 is 6.21 Å². The summed E-state index contributed by atoms with van der Waals surface area (Å²) < 4.78 is 0. The van der Waals surface area contributed by atoms with Gasteiger partial charge in [-0.15, -0.1) is 0 Å². The third kappa shape index (κ3) is 4.40. The fourth-order valence-electron chi connectivity index (χ4n) is 1.65. The van der Waals surface area contributed by atoms with Gasteiger partial charge in [-0.05, 0) is 43.8 Å². The fraction of sp³-hybridized carbons (Fsp3) is 0.615. The Morgan fingerprint density at radius 3 is 2.36 bits per heavy atom. The minimum Gasteiger partial charge on any atom is -0.266 e. The largest absolute Gasteiger partial charge is 0.266 e. The van der Waals surface area contributed by atoms with E-state index in [0.29, 0.717) is 5.92 Å². The lowest BCUT2D eigenvalue weighted by Crippen LogP contribution is -1.96. The van der Waals surface area contributed by atoms with Gasteiger partial charge in [0.2, 0.25) is 0 Å². The van der Waals surface area contributed by atoms with Crippen LogP contribution in [0.1, 0.15) is 47.5 Å². The highest BCUT2D eigenvalue weighted by molar-refractivity contribution is 5.56. The highest BCUT2D eigenvalue weighted by atomic mass is 14.7. The second kappa shape index (κ2) is 6.58. The molecule has 0 saturated heterocycles. The molecule has 14 heavy (non-hydrogen) atoms. The summed E-state index contributed by atoms with van der Waals surface area (Å²) in [4.78, 5) is 4.32. The number of nitrogens with zero attached hydrogens (tertiary/aromatic N) is 1. The summed E-state index contributed by atoms with van der Waals surface area (Å²) in [5.41, 5.74) is 3.67. The molecule has 0 rings (SSSR count). The number of hydrogen-bond acceptors (Lipinski definition) is 1. The third-order valence-electron chi connectivity index (χ3n) is 2.19. The highest BCUT2D eigenvalue weighted by Gasteiger charge is 2.06. The molecule has 80 valence electrons. The van der Waals surface area contributed by atoms with Crippen molar-refractivity contribution in [3.8, 4) is 0 Å². The van der Waals surface area contributed by atoms with Gasteiger partial charge in [0, 0.05) is 11.9 Å². The third-order valence-corrected chi connectivity index (χ3v) is 2.19. The van der Waals surface area contributed by atoms with Crippen LogP contribution in [0.2, 0.25) is 0 Å². The molecule has 0 fully saturated rings. The predicted octanol–water partition coefficient (Wildman–Crippen LogP) is 4.36. The van der Waals surface area contributed by atoms with Gasteiger partial charge >= 0.3 is 0 Å². The molecule has 0 amide bonds. The molecule has 0 saturated carbocycles. The zero-order valence-corrected chi connectivity index (χ0v) is 10.2. The Morgan fingerprint density at radius 1 is 1.43 bits per heavy atom. The van der Waals surface area contributed by atoms with E-state index in [0.717, 1.165) is 18.5 Å². The Labute approximate surface area is 88.6 Å². The molecule has 0 aliphatic heterocycles. The van der Waals surface area contributed by atoms with E-state index in [1.807, 2.05) is 13.1 Å². The molecule has 0 aliphatic rings. The van der Waals surface area contributed by atoms with Crippen LogP contribution in [-0.2, 0) is 0 Å². The van der Waals surface area contributed by atoms with Crippen LogP contribution in [0, 0.1) is 5.92 Å². The molecule has 1 heteroatoms.